The first-order valence-corrected chi connectivity index (χ1v) is 10.7. The summed E-state index contributed by atoms with van der Waals surface area (Å²) in [5.41, 5.74) is 3.31. The first kappa shape index (κ1) is 21.0. The highest BCUT2D eigenvalue weighted by molar-refractivity contribution is 7.99. The summed E-state index contributed by atoms with van der Waals surface area (Å²) in [6, 6.07) is 9.75. The van der Waals surface area contributed by atoms with Crippen LogP contribution >= 0.6 is 11.8 Å². The third kappa shape index (κ3) is 4.48. The molecule has 2 heterocycles. The van der Waals surface area contributed by atoms with Crippen molar-refractivity contribution in [3.8, 4) is 11.4 Å². The number of Topliss-reactive ketones (excluding diaryl/α,β-unsaturated/α-hetero) is 1. The quantitative estimate of drug-likeness (QED) is 0.426. The summed E-state index contributed by atoms with van der Waals surface area (Å²) < 4.78 is 9.14. The molecule has 0 amide bonds. The molecule has 1 N–H and O–H groups in total. The molecule has 0 spiro atoms. The fourth-order valence-electron chi connectivity index (χ4n) is 3.34. The van der Waals surface area contributed by atoms with Crippen LogP contribution in [0, 0.1) is 13.8 Å². The van der Waals surface area contributed by atoms with Crippen molar-refractivity contribution in [1.29, 1.82) is 0 Å². The minimum absolute atomic E-state index is 0.0128. The Morgan fingerprint density at radius 1 is 1.21 bits per heavy atom. The molecular weight excluding hydrogens is 388 g/mol. The zero-order chi connectivity index (χ0) is 21.0. The van der Waals surface area contributed by atoms with Gasteiger partial charge >= 0.3 is 5.69 Å². The molecule has 154 valence electrons. The van der Waals surface area contributed by atoms with Gasteiger partial charge in [-0.3, -0.25) is 9.36 Å². The molecule has 0 saturated heterocycles. The highest BCUT2D eigenvalue weighted by Gasteiger charge is 2.18. The van der Waals surface area contributed by atoms with Gasteiger partial charge in [0.1, 0.15) is 5.75 Å². The van der Waals surface area contributed by atoms with Crippen molar-refractivity contribution >= 4 is 17.5 Å². The number of carbonyl (C=O) groups excluding carboxylic acids is 1. The second-order valence-electron chi connectivity index (χ2n) is 6.72. The molecule has 0 aliphatic carbocycles. The van der Waals surface area contributed by atoms with E-state index < -0.39 is 0 Å². The maximum atomic E-state index is 12.9. The minimum Gasteiger partial charge on any atom is -0.494 e. The van der Waals surface area contributed by atoms with Gasteiger partial charge in [0.05, 0.1) is 12.4 Å². The number of aryl methyl sites for hydroxylation is 1. The molecule has 0 radical (unpaired) electrons. The first-order valence-electron chi connectivity index (χ1n) is 9.69. The molecule has 7 nitrogen and oxygen atoms in total. The van der Waals surface area contributed by atoms with Crippen LogP contribution in [0.1, 0.15) is 42.0 Å². The Balaban J connectivity index is 1.79. The number of benzene rings is 1. The van der Waals surface area contributed by atoms with Crippen molar-refractivity contribution in [1.82, 2.24) is 19.3 Å². The standard InChI is InChI=1S/C21H26N4O3S/c1-5-11-24-20(27)22-23-21(24)29-13-19(26)18-12-14(3)25(15(18)4)16-7-9-17(10-8-16)28-6-2/h7-10,12H,5-6,11,13H2,1-4H3,(H,22,27). The van der Waals surface area contributed by atoms with Crippen molar-refractivity contribution in [3.05, 3.63) is 57.8 Å². The number of carbonyl (C=O) groups is 1. The lowest BCUT2D eigenvalue weighted by atomic mass is 10.2. The molecule has 3 aromatic rings. The predicted molar refractivity (Wildman–Crippen MR) is 115 cm³/mol. The van der Waals surface area contributed by atoms with Crippen LogP contribution in [0.5, 0.6) is 5.75 Å². The Kier molecular flexibility index (Phi) is 6.64. The summed E-state index contributed by atoms with van der Waals surface area (Å²) in [7, 11) is 0. The zero-order valence-electron chi connectivity index (χ0n) is 17.2. The lowest BCUT2D eigenvalue weighted by Crippen LogP contribution is -2.17. The molecule has 0 fully saturated rings. The maximum Gasteiger partial charge on any atom is 0.343 e. The van der Waals surface area contributed by atoms with E-state index in [1.54, 1.807) is 4.57 Å². The molecule has 0 aliphatic heterocycles. The highest BCUT2D eigenvalue weighted by atomic mass is 32.2. The largest absolute Gasteiger partial charge is 0.494 e. The van der Waals surface area contributed by atoms with Crippen molar-refractivity contribution in [2.45, 2.75) is 45.8 Å². The smallest absolute Gasteiger partial charge is 0.343 e. The number of H-pyrrole nitrogens is 1. The lowest BCUT2D eigenvalue weighted by Gasteiger charge is -2.11. The number of hydrogen-bond donors (Lipinski definition) is 1. The SMILES string of the molecule is CCCn1c(SCC(=O)c2cc(C)n(-c3ccc(OCC)cc3)c2C)n[nH]c1=O. The second-order valence-corrected chi connectivity index (χ2v) is 7.66. The highest BCUT2D eigenvalue weighted by Crippen LogP contribution is 2.25. The molecule has 0 bridgehead atoms. The molecule has 2 aromatic heterocycles. The van der Waals surface area contributed by atoms with E-state index in [9.17, 15) is 9.59 Å². The average Bonchev–Trinajstić information content (AvgIpc) is 3.20. The second kappa shape index (κ2) is 9.17. The first-order chi connectivity index (χ1) is 14.0. The van der Waals surface area contributed by atoms with E-state index in [2.05, 4.69) is 14.8 Å². The Morgan fingerprint density at radius 2 is 1.93 bits per heavy atom. The number of rotatable bonds is 9. The molecule has 1 aromatic carbocycles. The molecule has 0 atom stereocenters. The summed E-state index contributed by atoms with van der Waals surface area (Å²) >= 11 is 1.28. The van der Waals surface area contributed by atoms with Crippen LogP contribution in [0.15, 0.2) is 40.3 Å². The summed E-state index contributed by atoms with van der Waals surface area (Å²) in [4.78, 5) is 24.7. The van der Waals surface area contributed by atoms with Gasteiger partial charge in [-0.2, -0.15) is 0 Å². The fourth-order valence-corrected chi connectivity index (χ4v) is 4.20. The summed E-state index contributed by atoms with van der Waals surface area (Å²) in [6.07, 6.45) is 0.824. The van der Waals surface area contributed by atoms with E-state index in [4.69, 9.17) is 4.74 Å². The van der Waals surface area contributed by atoms with Crippen LogP contribution in [-0.4, -0.2) is 37.5 Å². The molecule has 0 unspecified atom stereocenters. The van der Waals surface area contributed by atoms with Crippen molar-refractivity contribution < 1.29 is 9.53 Å². The Morgan fingerprint density at radius 3 is 2.59 bits per heavy atom. The van der Waals surface area contributed by atoms with Crippen molar-refractivity contribution in [2.75, 3.05) is 12.4 Å². The van der Waals surface area contributed by atoms with Gasteiger partial charge < -0.3 is 9.30 Å². The number of nitrogens with zero attached hydrogens (tertiary/aromatic N) is 3. The zero-order valence-corrected chi connectivity index (χ0v) is 18.0. The molecule has 3 rings (SSSR count). The Hall–Kier alpha value is -2.74. The molecular formula is C21H26N4O3S. The monoisotopic (exact) mass is 414 g/mol. The van der Waals surface area contributed by atoms with Gasteiger partial charge in [0.15, 0.2) is 10.9 Å². The minimum atomic E-state index is -0.240. The van der Waals surface area contributed by atoms with Crippen LogP contribution in [0.3, 0.4) is 0 Å². The maximum absolute atomic E-state index is 12.9. The number of hydrogen-bond acceptors (Lipinski definition) is 5. The summed E-state index contributed by atoms with van der Waals surface area (Å²) in [6.45, 7) is 9.09. The van der Waals surface area contributed by atoms with Gasteiger partial charge in [-0.15, -0.1) is 5.10 Å². The van der Waals surface area contributed by atoms with Gasteiger partial charge in [-0.25, -0.2) is 9.89 Å². The number of ether oxygens (including phenoxy) is 1. The Labute approximate surface area is 174 Å². The summed E-state index contributed by atoms with van der Waals surface area (Å²) in [5, 5.41) is 7.04. The van der Waals surface area contributed by atoms with Crippen LogP contribution in [0.25, 0.3) is 5.69 Å². The van der Waals surface area contributed by atoms with Gasteiger partial charge in [-0.05, 0) is 57.5 Å². The van der Waals surface area contributed by atoms with Crippen LogP contribution in [-0.2, 0) is 6.54 Å². The molecule has 8 heteroatoms. The average molecular weight is 415 g/mol. The topological polar surface area (TPSA) is 81.9 Å². The number of ketones is 1. The van der Waals surface area contributed by atoms with Gasteiger partial charge in [0.25, 0.3) is 0 Å². The van der Waals surface area contributed by atoms with Gasteiger partial charge in [0.2, 0.25) is 0 Å². The van der Waals surface area contributed by atoms with Gasteiger partial charge in [-0.1, -0.05) is 18.7 Å². The third-order valence-electron chi connectivity index (χ3n) is 4.64. The summed E-state index contributed by atoms with van der Waals surface area (Å²) in [5.74, 6) is 1.06. The number of nitrogens with one attached hydrogen (secondary N) is 1. The number of aromatic nitrogens is 4. The number of aromatic amines is 1. The van der Waals surface area contributed by atoms with Crippen molar-refractivity contribution in [3.63, 3.8) is 0 Å². The lowest BCUT2D eigenvalue weighted by molar-refractivity contribution is 0.102. The van der Waals surface area contributed by atoms with E-state index in [1.165, 1.54) is 11.8 Å². The van der Waals surface area contributed by atoms with E-state index in [1.807, 2.05) is 58.0 Å². The van der Waals surface area contributed by atoms with Crippen LogP contribution in [0.4, 0.5) is 0 Å². The predicted octanol–water partition coefficient (Wildman–Crippen LogP) is 3.76. The van der Waals surface area contributed by atoms with Crippen LogP contribution < -0.4 is 10.4 Å². The fraction of sp³-hybridized carbons (Fsp3) is 0.381. The van der Waals surface area contributed by atoms with E-state index in [0.29, 0.717) is 23.9 Å². The van der Waals surface area contributed by atoms with E-state index in [-0.39, 0.29) is 17.2 Å². The molecule has 29 heavy (non-hydrogen) atoms. The molecule has 0 saturated carbocycles. The number of thioether (sulfide) groups is 1. The van der Waals surface area contributed by atoms with Crippen LogP contribution in [0.2, 0.25) is 0 Å². The van der Waals surface area contributed by atoms with E-state index >= 15 is 0 Å². The Bertz CT molecular complexity index is 1050. The molecule has 0 aliphatic rings. The van der Waals surface area contributed by atoms with Gasteiger partial charge in [0, 0.05) is 29.2 Å². The normalized spacial score (nSPS) is 11.0. The third-order valence-corrected chi connectivity index (χ3v) is 5.62. The van der Waals surface area contributed by atoms with Crippen molar-refractivity contribution in [2.24, 2.45) is 0 Å². The van der Waals surface area contributed by atoms with E-state index in [0.717, 1.165) is 29.2 Å².